The van der Waals surface area contributed by atoms with E-state index in [9.17, 15) is 4.79 Å². The van der Waals surface area contributed by atoms with Gasteiger partial charge in [-0.3, -0.25) is 10.1 Å². The van der Waals surface area contributed by atoms with Gasteiger partial charge in [-0.05, 0) is 31.0 Å². The number of ether oxygens (including phenoxy) is 1. The highest BCUT2D eigenvalue weighted by molar-refractivity contribution is 6.30. The third-order valence-electron chi connectivity index (χ3n) is 3.80. The highest BCUT2D eigenvalue weighted by Crippen LogP contribution is 2.30. The number of benzene rings is 1. The molecular formula is C14H17ClN2O2. The van der Waals surface area contributed by atoms with Gasteiger partial charge in [0.2, 0.25) is 5.91 Å². The quantitative estimate of drug-likeness (QED) is 0.900. The van der Waals surface area contributed by atoms with Crippen molar-refractivity contribution in [1.82, 2.24) is 10.2 Å². The van der Waals surface area contributed by atoms with E-state index in [0.29, 0.717) is 11.6 Å². The molecule has 3 rings (SSSR count). The lowest BCUT2D eigenvalue weighted by Crippen LogP contribution is -2.40. The molecule has 2 saturated heterocycles. The zero-order valence-corrected chi connectivity index (χ0v) is 11.6. The summed E-state index contributed by atoms with van der Waals surface area (Å²) in [5, 5.41) is 4.05. The van der Waals surface area contributed by atoms with Crippen LogP contribution in [0, 0.1) is 0 Å². The maximum absolute atomic E-state index is 12.3. The largest absolute Gasteiger partial charge is 0.379 e. The number of halogens is 1. The van der Waals surface area contributed by atoms with E-state index >= 15 is 0 Å². The van der Waals surface area contributed by atoms with Crippen LogP contribution in [0.25, 0.3) is 0 Å². The number of nitrogens with one attached hydrogen (secondary N) is 1. The normalized spacial score (nSPS) is 31.2. The molecule has 1 aromatic carbocycles. The Hall–Kier alpha value is -1.10. The molecule has 1 aromatic rings. The maximum Gasteiger partial charge on any atom is 0.241 e. The van der Waals surface area contributed by atoms with Crippen molar-refractivity contribution in [3.63, 3.8) is 0 Å². The molecule has 3 atom stereocenters. The van der Waals surface area contributed by atoms with Gasteiger partial charge in [0.15, 0.2) is 0 Å². The first kappa shape index (κ1) is 12.9. The van der Waals surface area contributed by atoms with E-state index in [4.69, 9.17) is 16.3 Å². The molecule has 0 radical (unpaired) electrons. The van der Waals surface area contributed by atoms with Crippen LogP contribution >= 0.6 is 11.6 Å². The van der Waals surface area contributed by atoms with Crippen LogP contribution < -0.4 is 5.32 Å². The van der Waals surface area contributed by atoms with Gasteiger partial charge in [-0.15, -0.1) is 0 Å². The summed E-state index contributed by atoms with van der Waals surface area (Å²) in [6.45, 7) is 3.27. The molecule has 2 aliphatic heterocycles. The van der Waals surface area contributed by atoms with Gasteiger partial charge in [0.1, 0.15) is 6.17 Å². The van der Waals surface area contributed by atoms with Crippen LogP contribution in [0.5, 0.6) is 0 Å². The van der Waals surface area contributed by atoms with E-state index in [-0.39, 0.29) is 24.2 Å². The fraction of sp³-hybridized carbons (Fsp3) is 0.500. The van der Waals surface area contributed by atoms with Crippen LogP contribution in [-0.4, -0.2) is 36.1 Å². The van der Waals surface area contributed by atoms with Crippen molar-refractivity contribution in [2.45, 2.75) is 31.6 Å². The van der Waals surface area contributed by atoms with Crippen molar-refractivity contribution in [3.8, 4) is 0 Å². The number of amides is 1. The predicted molar refractivity (Wildman–Crippen MR) is 72.9 cm³/mol. The van der Waals surface area contributed by atoms with Gasteiger partial charge in [0.25, 0.3) is 0 Å². The molecule has 2 aliphatic rings. The Morgan fingerprint density at radius 1 is 1.37 bits per heavy atom. The van der Waals surface area contributed by atoms with Crippen LogP contribution in [0.1, 0.15) is 25.1 Å². The minimum Gasteiger partial charge on any atom is -0.379 e. The van der Waals surface area contributed by atoms with Gasteiger partial charge in [0, 0.05) is 11.6 Å². The smallest absolute Gasteiger partial charge is 0.241 e. The lowest BCUT2D eigenvalue weighted by molar-refractivity contribution is -0.132. The highest BCUT2D eigenvalue weighted by Gasteiger charge is 2.42. The number of hydrogen-bond donors (Lipinski definition) is 1. The number of carbonyl (C=O) groups excluding carboxylic acids is 1. The second-order valence-corrected chi connectivity index (χ2v) is 5.54. The van der Waals surface area contributed by atoms with Gasteiger partial charge in [0.05, 0.1) is 18.7 Å². The van der Waals surface area contributed by atoms with E-state index < -0.39 is 0 Å². The molecule has 0 saturated carbocycles. The fourth-order valence-corrected chi connectivity index (χ4v) is 2.90. The Bertz CT molecular complexity index is 471. The molecule has 1 amide bonds. The average Bonchev–Trinajstić information content (AvgIpc) is 3.00. The van der Waals surface area contributed by atoms with E-state index in [1.165, 1.54) is 0 Å². The van der Waals surface area contributed by atoms with Crippen molar-refractivity contribution in [2.75, 3.05) is 13.2 Å². The lowest BCUT2D eigenvalue weighted by atomic mass is 10.1. The third kappa shape index (κ3) is 2.36. The first-order valence-corrected chi connectivity index (χ1v) is 6.96. The van der Waals surface area contributed by atoms with Crippen molar-refractivity contribution >= 4 is 17.5 Å². The SMILES string of the molecule is CC1NC(c2ccc(Cl)cc2)N(C2CCOC2)C1=O. The molecule has 19 heavy (non-hydrogen) atoms. The predicted octanol–water partition coefficient (Wildman–Crippen LogP) is 1.95. The van der Waals surface area contributed by atoms with Crippen molar-refractivity contribution in [2.24, 2.45) is 0 Å². The summed E-state index contributed by atoms with van der Waals surface area (Å²) >= 11 is 5.92. The average molecular weight is 281 g/mol. The summed E-state index contributed by atoms with van der Waals surface area (Å²) in [5.74, 6) is 0.149. The second kappa shape index (κ2) is 5.12. The first-order chi connectivity index (χ1) is 9.16. The molecule has 0 aliphatic carbocycles. The van der Waals surface area contributed by atoms with Crippen LogP contribution in [0.4, 0.5) is 0 Å². The van der Waals surface area contributed by atoms with Crippen LogP contribution in [-0.2, 0) is 9.53 Å². The topological polar surface area (TPSA) is 41.6 Å². The third-order valence-corrected chi connectivity index (χ3v) is 4.05. The van der Waals surface area contributed by atoms with Gasteiger partial charge >= 0.3 is 0 Å². The monoisotopic (exact) mass is 280 g/mol. The minimum atomic E-state index is -0.152. The summed E-state index contributed by atoms with van der Waals surface area (Å²) in [6, 6.07) is 7.67. The molecular weight excluding hydrogens is 264 g/mol. The number of nitrogens with zero attached hydrogens (tertiary/aromatic N) is 1. The molecule has 0 spiro atoms. The van der Waals surface area contributed by atoms with E-state index in [1.807, 2.05) is 36.1 Å². The summed E-state index contributed by atoms with van der Waals surface area (Å²) < 4.78 is 5.41. The van der Waals surface area contributed by atoms with E-state index in [2.05, 4.69) is 5.32 Å². The Morgan fingerprint density at radius 2 is 2.11 bits per heavy atom. The zero-order valence-electron chi connectivity index (χ0n) is 10.8. The van der Waals surface area contributed by atoms with E-state index in [0.717, 1.165) is 18.6 Å². The second-order valence-electron chi connectivity index (χ2n) is 5.11. The zero-order chi connectivity index (χ0) is 13.4. The number of rotatable bonds is 2. The molecule has 5 heteroatoms. The molecule has 4 nitrogen and oxygen atoms in total. The first-order valence-electron chi connectivity index (χ1n) is 6.58. The summed E-state index contributed by atoms with van der Waals surface area (Å²) in [5.41, 5.74) is 1.06. The molecule has 102 valence electrons. The molecule has 0 bridgehead atoms. The van der Waals surface area contributed by atoms with Crippen molar-refractivity contribution in [3.05, 3.63) is 34.9 Å². The Balaban J connectivity index is 1.89. The highest BCUT2D eigenvalue weighted by atomic mass is 35.5. The summed E-state index contributed by atoms with van der Waals surface area (Å²) in [4.78, 5) is 14.3. The van der Waals surface area contributed by atoms with E-state index in [1.54, 1.807) is 0 Å². The van der Waals surface area contributed by atoms with Crippen molar-refractivity contribution in [1.29, 1.82) is 0 Å². The summed E-state index contributed by atoms with van der Waals surface area (Å²) in [6.07, 6.45) is 0.830. The van der Waals surface area contributed by atoms with Crippen LogP contribution in [0.3, 0.4) is 0 Å². The molecule has 2 heterocycles. The lowest BCUT2D eigenvalue weighted by Gasteiger charge is -2.29. The van der Waals surface area contributed by atoms with Crippen LogP contribution in [0.2, 0.25) is 5.02 Å². The van der Waals surface area contributed by atoms with Crippen LogP contribution in [0.15, 0.2) is 24.3 Å². The molecule has 2 fully saturated rings. The molecule has 1 N–H and O–H groups in total. The van der Waals surface area contributed by atoms with Gasteiger partial charge in [-0.25, -0.2) is 0 Å². The number of hydrogen-bond acceptors (Lipinski definition) is 3. The molecule has 0 aromatic heterocycles. The van der Waals surface area contributed by atoms with Crippen molar-refractivity contribution < 1.29 is 9.53 Å². The standard InChI is InChI=1S/C14H17ClN2O2/c1-9-14(18)17(12-6-7-19-8-12)13(16-9)10-2-4-11(15)5-3-10/h2-5,9,12-13,16H,6-8H2,1H3. The van der Waals surface area contributed by atoms with Gasteiger partial charge in [-0.1, -0.05) is 23.7 Å². The molecule has 3 unspecified atom stereocenters. The minimum absolute atomic E-state index is 0.0773. The fourth-order valence-electron chi connectivity index (χ4n) is 2.77. The number of carbonyl (C=O) groups is 1. The van der Waals surface area contributed by atoms with Gasteiger partial charge in [-0.2, -0.15) is 0 Å². The van der Waals surface area contributed by atoms with Gasteiger partial charge < -0.3 is 9.64 Å². The Kier molecular flexibility index (Phi) is 3.48. The Morgan fingerprint density at radius 3 is 2.74 bits per heavy atom. The Labute approximate surface area is 117 Å². The maximum atomic E-state index is 12.3. The summed E-state index contributed by atoms with van der Waals surface area (Å²) in [7, 11) is 0.